The van der Waals surface area contributed by atoms with E-state index in [0.29, 0.717) is 0 Å². The summed E-state index contributed by atoms with van der Waals surface area (Å²) in [5, 5.41) is 8.60. The number of hydrogen-bond acceptors (Lipinski definition) is 4. The second-order valence-corrected chi connectivity index (χ2v) is 4.83. The number of rotatable bonds is 1. The fraction of sp³-hybridized carbons (Fsp3) is 0.267. The third-order valence-electron chi connectivity index (χ3n) is 3.54. The van der Waals surface area contributed by atoms with Gasteiger partial charge in [0.2, 0.25) is 6.23 Å². The molecule has 0 bridgehead atoms. The van der Waals surface area contributed by atoms with Crippen molar-refractivity contribution >= 4 is 16.7 Å². The minimum absolute atomic E-state index is 0.120. The van der Waals surface area contributed by atoms with Gasteiger partial charge in [-0.25, -0.2) is 0 Å². The van der Waals surface area contributed by atoms with E-state index < -0.39 is 0 Å². The van der Waals surface area contributed by atoms with Gasteiger partial charge in [0, 0.05) is 11.0 Å². The van der Waals surface area contributed by atoms with Crippen LogP contribution in [0.5, 0.6) is 0 Å². The van der Waals surface area contributed by atoms with Crippen LogP contribution in [0.3, 0.4) is 0 Å². The third-order valence-corrected chi connectivity index (χ3v) is 3.54. The van der Waals surface area contributed by atoms with E-state index in [0.717, 1.165) is 47.4 Å². The molecule has 96 valence electrons. The first-order valence-corrected chi connectivity index (χ1v) is 6.58. The molecular weight excluding hydrogens is 240 g/mol. The van der Waals surface area contributed by atoms with Crippen molar-refractivity contribution in [2.24, 2.45) is 5.16 Å². The summed E-state index contributed by atoms with van der Waals surface area (Å²) in [7, 11) is 0. The minimum Gasteiger partial charge on any atom is -0.454 e. The highest BCUT2D eigenvalue weighted by Gasteiger charge is 2.31. The molecule has 0 radical (unpaired) electrons. The van der Waals surface area contributed by atoms with E-state index in [1.807, 2.05) is 30.3 Å². The molecule has 2 aliphatic heterocycles. The molecule has 4 heteroatoms. The number of fused-ring (bicyclic) bond motifs is 2. The highest BCUT2D eigenvalue weighted by atomic mass is 16.7. The molecular formula is C15H14N2O2. The lowest BCUT2D eigenvalue weighted by Gasteiger charge is -2.09. The Bertz CT molecular complexity index is 651. The Morgan fingerprint density at radius 3 is 3.16 bits per heavy atom. The summed E-state index contributed by atoms with van der Waals surface area (Å²) < 4.78 is 5.86. The van der Waals surface area contributed by atoms with Crippen molar-refractivity contribution in [3.8, 4) is 0 Å². The van der Waals surface area contributed by atoms with Gasteiger partial charge in [-0.15, -0.1) is 0 Å². The Morgan fingerprint density at radius 2 is 2.21 bits per heavy atom. The molecule has 2 aromatic rings. The summed E-state index contributed by atoms with van der Waals surface area (Å²) in [6.07, 6.45) is 4.24. The van der Waals surface area contributed by atoms with Crippen molar-refractivity contribution in [2.75, 3.05) is 6.54 Å². The van der Waals surface area contributed by atoms with Crippen LogP contribution >= 0.6 is 0 Å². The van der Waals surface area contributed by atoms with Crippen molar-refractivity contribution in [3.63, 3.8) is 0 Å². The molecule has 3 heterocycles. The normalized spacial score (nSPS) is 22.4. The number of oxime groups is 1. The highest BCUT2D eigenvalue weighted by Crippen LogP contribution is 2.27. The lowest BCUT2D eigenvalue weighted by molar-refractivity contribution is 0.0808. The molecule has 0 unspecified atom stereocenters. The predicted molar refractivity (Wildman–Crippen MR) is 72.9 cm³/mol. The minimum atomic E-state index is -0.120. The van der Waals surface area contributed by atoms with Crippen LogP contribution in [0.4, 0.5) is 0 Å². The standard InChI is InChI=1S/C15H14N2O2/c1-2-7-12-10(5-1)9-13(18-12)14-11-6-3-4-8-16-15(11)19-17-14/h1-2,5-7,9,15-16H,3-4,8H2/t15-/m1/s1. The molecule has 4 nitrogen and oxygen atoms in total. The predicted octanol–water partition coefficient (Wildman–Crippen LogP) is 2.80. The van der Waals surface area contributed by atoms with Crippen molar-refractivity contribution in [1.82, 2.24) is 5.32 Å². The largest absolute Gasteiger partial charge is 0.454 e. The number of hydrogen-bond donors (Lipinski definition) is 1. The van der Waals surface area contributed by atoms with Gasteiger partial charge in [-0.3, -0.25) is 5.32 Å². The summed E-state index contributed by atoms with van der Waals surface area (Å²) in [4.78, 5) is 5.45. The summed E-state index contributed by atoms with van der Waals surface area (Å²) in [6, 6.07) is 10.00. The zero-order valence-corrected chi connectivity index (χ0v) is 10.4. The summed E-state index contributed by atoms with van der Waals surface area (Å²) in [5.41, 5.74) is 2.79. The summed E-state index contributed by atoms with van der Waals surface area (Å²) >= 11 is 0. The van der Waals surface area contributed by atoms with E-state index >= 15 is 0 Å². The molecule has 4 rings (SSSR count). The third kappa shape index (κ3) is 1.76. The number of allylic oxidation sites excluding steroid dienone is 1. The highest BCUT2D eigenvalue weighted by molar-refractivity contribution is 6.13. The molecule has 0 saturated carbocycles. The Kier molecular flexibility index (Phi) is 2.42. The lowest BCUT2D eigenvalue weighted by Crippen LogP contribution is -2.30. The SMILES string of the molecule is C1=C2C(c3cc4ccccc4o3)=NO[C@H]2NCCC1. The summed E-state index contributed by atoms with van der Waals surface area (Å²) in [6.45, 7) is 0.952. The van der Waals surface area contributed by atoms with Gasteiger partial charge in [0.05, 0.1) is 0 Å². The molecule has 2 aliphatic rings. The van der Waals surface area contributed by atoms with Crippen LogP contribution < -0.4 is 5.32 Å². The van der Waals surface area contributed by atoms with E-state index in [9.17, 15) is 0 Å². The first-order chi connectivity index (χ1) is 9.42. The molecule has 19 heavy (non-hydrogen) atoms. The van der Waals surface area contributed by atoms with Crippen molar-refractivity contribution in [3.05, 3.63) is 47.7 Å². The first kappa shape index (κ1) is 10.8. The molecule has 0 spiro atoms. The topological polar surface area (TPSA) is 46.8 Å². The average Bonchev–Trinajstić information content (AvgIpc) is 2.96. The van der Waals surface area contributed by atoms with Crippen LogP contribution in [0, 0.1) is 0 Å². The van der Waals surface area contributed by atoms with Gasteiger partial charge in [0.15, 0.2) is 11.5 Å². The average molecular weight is 254 g/mol. The molecule has 0 saturated heterocycles. The number of para-hydroxylation sites is 1. The zero-order valence-electron chi connectivity index (χ0n) is 10.4. The van der Waals surface area contributed by atoms with Crippen molar-refractivity contribution in [2.45, 2.75) is 19.1 Å². The van der Waals surface area contributed by atoms with Gasteiger partial charge in [-0.2, -0.15) is 0 Å². The maximum atomic E-state index is 5.86. The molecule has 0 fully saturated rings. The monoisotopic (exact) mass is 254 g/mol. The number of nitrogens with zero attached hydrogens (tertiary/aromatic N) is 1. The van der Waals surface area contributed by atoms with Gasteiger partial charge >= 0.3 is 0 Å². The molecule has 1 N–H and O–H groups in total. The summed E-state index contributed by atoms with van der Waals surface area (Å²) in [5.74, 6) is 0.777. The molecule has 1 aromatic heterocycles. The first-order valence-electron chi connectivity index (χ1n) is 6.58. The van der Waals surface area contributed by atoms with Crippen LogP contribution in [-0.2, 0) is 4.84 Å². The van der Waals surface area contributed by atoms with E-state index in [1.54, 1.807) is 0 Å². The lowest BCUT2D eigenvalue weighted by atomic mass is 10.1. The number of nitrogens with one attached hydrogen (secondary N) is 1. The molecule has 0 amide bonds. The molecule has 1 atom stereocenters. The van der Waals surface area contributed by atoms with Gasteiger partial charge in [0.1, 0.15) is 5.58 Å². The smallest absolute Gasteiger partial charge is 0.206 e. The van der Waals surface area contributed by atoms with Crippen LogP contribution in [0.15, 0.2) is 51.6 Å². The van der Waals surface area contributed by atoms with Crippen LogP contribution in [0.2, 0.25) is 0 Å². The maximum Gasteiger partial charge on any atom is 0.206 e. The zero-order chi connectivity index (χ0) is 12.7. The molecule has 1 aromatic carbocycles. The second-order valence-electron chi connectivity index (χ2n) is 4.83. The van der Waals surface area contributed by atoms with Crippen LogP contribution in [-0.4, -0.2) is 18.5 Å². The number of furan rings is 1. The van der Waals surface area contributed by atoms with Crippen LogP contribution in [0.25, 0.3) is 11.0 Å². The fourth-order valence-electron chi connectivity index (χ4n) is 2.57. The Labute approximate surface area is 110 Å². The Balaban J connectivity index is 1.77. The Hall–Kier alpha value is -2.07. The Morgan fingerprint density at radius 1 is 1.26 bits per heavy atom. The van der Waals surface area contributed by atoms with E-state index in [1.165, 1.54) is 0 Å². The second kappa shape index (κ2) is 4.24. The van der Waals surface area contributed by atoms with Gasteiger partial charge in [0.25, 0.3) is 0 Å². The van der Waals surface area contributed by atoms with Gasteiger partial charge in [-0.1, -0.05) is 29.4 Å². The van der Waals surface area contributed by atoms with Crippen LogP contribution in [0.1, 0.15) is 18.6 Å². The van der Waals surface area contributed by atoms with Crippen molar-refractivity contribution < 1.29 is 9.25 Å². The maximum absolute atomic E-state index is 5.86. The molecule has 0 aliphatic carbocycles. The van der Waals surface area contributed by atoms with E-state index in [-0.39, 0.29) is 6.23 Å². The van der Waals surface area contributed by atoms with Gasteiger partial charge in [-0.05, 0) is 31.5 Å². The van der Waals surface area contributed by atoms with E-state index in [2.05, 4.69) is 16.5 Å². The number of benzene rings is 1. The van der Waals surface area contributed by atoms with Crippen molar-refractivity contribution in [1.29, 1.82) is 0 Å². The fourth-order valence-corrected chi connectivity index (χ4v) is 2.57. The quantitative estimate of drug-likeness (QED) is 0.851. The van der Waals surface area contributed by atoms with E-state index in [4.69, 9.17) is 9.25 Å². The van der Waals surface area contributed by atoms with Gasteiger partial charge < -0.3 is 9.25 Å².